The number of carboxylic acids is 2. The number of benzene rings is 1. The van der Waals surface area contributed by atoms with Gasteiger partial charge in [0.05, 0.1) is 25.6 Å². The van der Waals surface area contributed by atoms with Gasteiger partial charge in [0.15, 0.2) is 0 Å². The Balaban J connectivity index is 1.81. The largest absolute Gasteiger partial charge is 0.481 e. The molecule has 0 saturated carbocycles. The molecule has 0 fully saturated rings. The zero-order chi connectivity index (χ0) is 23.0. The number of carbonyl (C=O) groups excluding carboxylic acids is 3. The van der Waals surface area contributed by atoms with Crippen molar-refractivity contribution in [1.29, 1.82) is 0 Å². The van der Waals surface area contributed by atoms with Crippen molar-refractivity contribution in [2.45, 2.75) is 24.9 Å². The average molecular weight is 433 g/mol. The number of hydrogen-bond donors (Lipinski definition) is 7. The molecule has 12 nitrogen and oxygen atoms in total. The second-order valence-corrected chi connectivity index (χ2v) is 6.72. The predicted octanol–water partition coefficient (Wildman–Crippen LogP) is -1.69. The molecule has 3 amide bonds. The van der Waals surface area contributed by atoms with E-state index in [2.05, 4.69) is 20.9 Å². The zero-order valence-electron chi connectivity index (χ0n) is 16.4. The van der Waals surface area contributed by atoms with Gasteiger partial charge in [-0.15, -0.1) is 0 Å². The second kappa shape index (κ2) is 10.7. The summed E-state index contributed by atoms with van der Waals surface area (Å²) in [6, 6.07) is 4.81. The molecule has 31 heavy (non-hydrogen) atoms. The molecule has 1 aromatic carbocycles. The minimum absolute atomic E-state index is 0.0383. The predicted molar refractivity (Wildman–Crippen MR) is 108 cm³/mol. The highest BCUT2D eigenvalue weighted by Crippen LogP contribution is 2.19. The van der Waals surface area contributed by atoms with Crippen molar-refractivity contribution in [3.05, 3.63) is 36.0 Å². The second-order valence-electron chi connectivity index (χ2n) is 6.72. The molecule has 1 aromatic heterocycles. The number of nitrogens with one attached hydrogen (secondary N) is 4. The van der Waals surface area contributed by atoms with Crippen LogP contribution < -0.4 is 21.7 Å². The molecule has 2 atom stereocenters. The Kier molecular flexibility index (Phi) is 8.09. The van der Waals surface area contributed by atoms with E-state index in [4.69, 9.17) is 10.8 Å². The van der Waals surface area contributed by atoms with E-state index < -0.39 is 61.3 Å². The molecular formula is C19H23N5O7. The Labute approximate surface area is 176 Å². The molecule has 0 aliphatic carbocycles. The molecule has 1 heterocycles. The maximum atomic E-state index is 12.1. The third kappa shape index (κ3) is 7.12. The first-order chi connectivity index (χ1) is 14.7. The van der Waals surface area contributed by atoms with Crippen LogP contribution in [0.3, 0.4) is 0 Å². The number of hydrogen-bond acceptors (Lipinski definition) is 6. The van der Waals surface area contributed by atoms with Crippen molar-refractivity contribution < 1.29 is 34.2 Å². The molecule has 8 N–H and O–H groups in total. The van der Waals surface area contributed by atoms with E-state index in [0.29, 0.717) is 5.56 Å². The molecule has 2 rings (SSSR count). The lowest BCUT2D eigenvalue weighted by molar-refractivity contribution is -0.141. The molecule has 0 aliphatic rings. The number of fused-ring (bicyclic) bond motifs is 1. The summed E-state index contributed by atoms with van der Waals surface area (Å²) in [5.74, 6) is -4.77. The summed E-state index contributed by atoms with van der Waals surface area (Å²) in [6.07, 6.45) is 1.12. The first kappa shape index (κ1) is 23.3. The zero-order valence-corrected chi connectivity index (χ0v) is 16.4. The van der Waals surface area contributed by atoms with Crippen LogP contribution in [-0.2, 0) is 30.4 Å². The SMILES string of the molecule is NC(CC(=O)O)C(=O)NCC(=O)NCC(=O)NC(Cc1c[nH]c2ccccc12)C(=O)O. The standard InChI is InChI=1S/C19H23N5O7/c20-12(6-17(27)28)18(29)23-8-15(25)22-9-16(26)24-14(19(30)31)5-10-7-21-13-4-2-1-3-11(10)13/h1-4,7,12,14,21H,5-6,8-9,20H2,(H,22,25)(H,23,29)(H,24,26)(H,27,28)(H,30,31). The minimum atomic E-state index is -1.31. The number of carbonyl (C=O) groups is 5. The van der Waals surface area contributed by atoms with E-state index in [1.165, 1.54) is 0 Å². The lowest BCUT2D eigenvalue weighted by Crippen LogP contribution is -2.49. The quantitative estimate of drug-likeness (QED) is 0.217. The number of aromatic amines is 1. The summed E-state index contributed by atoms with van der Waals surface area (Å²) in [5, 5.41) is 25.5. The van der Waals surface area contributed by atoms with Crippen LogP contribution in [0.2, 0.25) is 0 Å². The van der Waals surface area contributed by atoms with Gasteiger partial charge < -0.3 is 36.9 Å². The van der Waals surface area contributed by atoms with E-state index in [1.807, 2.05) is 24.3 Å². The molecule has 12 heteroatoms. The highest BCUT2D eigenvalue weighted by Gasteiger charge is 2.22. The van der Waals surface area contributed by atoms with Crippen LogP contribution in [0.1, 0.15) is 12.0 Å². The lowest BCUT2D eigenvalue weighted by atomic mass is 10.1. The smallest absolute Gasteiger partial charge is 0.326 e. The number of aliphatic carboxylic acids is 2. The monoisotopic (exact) mass is 433 g/mol. The summed E-state index contributed by atoms with van der Waals surface area (Å²) in [7, 11) is 0. The lowest BCUT2D eigenvalue weighted by Gasteiger charge is -2.15. The fourth-order valence-electron chi connectivity index (χ4n) is 2.79. The number of aromatic nitrogens is 1. The summed E-state index contributed by atoms with van der Waals surface area (Å²) >= 11 is 0. The number of carboxylic acid groups (broad SMARTS) is 2. The third-order valence-corrected chi connectivity index (χ3v) is 4.33. The van der Waals surface area contributed by atoms with Crippen molar-refractivity contribution in [1.82, 2.24) is 20.9 Å². The van der Waals surface area contributed by atoms with Crippen LogP contribution in [-0.4, -0.2) is 70.0 Å². The van der Waals surface area contributed by atoms with Crippen LogP contribution in [0.4, 0.5) is 0 Å². The Morgan fingerprint density at radius 1 is 1.00 bits per heavy atom. The molecule has 2 unspecified atom stereocenters. The average Bonchev–Trinajstić information content (AvgIpc) is 3.12. The number of rotatable bonds is 11. The normalized spacial score (nSPS) is 12.5. The Morgan fingerprint density at radius 2 is 1.68 bits per heavy atom. The van der Waals surface area contributed by atoms with Crippen LogP contribution >= 0.6 is 0 Å². The van der Waals surface area contributed by atoms with Gasteiger partial charge in [0.25, 0.3) is 0 Å². The maximum absolute atomic E-state index is 12.1. The maximum Gasteiger partial charge on any atom is 0.326 e. The molecule has 0 spiro atoms. The molecule has 0 aliphatic heterocycles. The molecular weight excluding hydrogens is 410 g/mol. The van der Waals surface area contributed by atoms with Crippen LogP contribution in [0.15, 0.2) is 30.5 Å². The number of nitrogens with two attached hydrogens (primary N) is 1. The van der Waals surface area contributed by atoms with Crippen LogP contribution in [0.25, 0.3) is 10.9 Å². The number of H-pyrrole nitrogens is 1. The molecule has 0 radical (unpaired) electrons. The van der Waals surface area contributed by atoms with E-state index in [1.54, 1.807) is 6.20 Å². The number of amides is 3. The van der Waals surface area contributed by atoms with Crippen molar-refractivity contribution in [2.24, 2.45) is 5.73 Å². The van der Waals surface area contributed by atoms with E-state index in [-0.39, 0.29) is 6.42 Å². The van der Waals surface area contributed by atoms with Gasteiger partial charge in [-0.25, -0.2) is 4.79 Å². The molecule has 166 valence electrons. The summed E-state index contributed by atoms with van der Waals surface area (Å²) in [4.78, 5) is 60.4. The van der Waals surface area contributed by atoms with Crippen molar-refractivity contribution in [3.63, 3.8) is 0 Å². The first-order valence-corrected chi connectivity index (χ1v) is 9.26. The van der Waals surface area contributed by atoms with E-state index >= 15 is 0 Å². The van der Waals surface area contributed by atoms with Crippen molar-refractivity contribution in [2.75, 3.05) is 13.1 Å². The first-order valence-electron chi connectivity index (χ1n) is 9.26. The Morgan fingerprint density at radius 3 is 2.35 bits per heavy atom. The highest BCUT2D eigenvalue weighted by molar-refractivity contribution is 5.92. The van der Waals surface area contributed by atoms with Gasteiger partial charge in [-0.3, -0.25) is 19.2 Å². The molecule has 2 aromatic rings. The topological polar surface area (TPSA) is 204 Å². The minimum Gasteiger partial charge on any atom is -0.481 e. The fraction of sp³-hybridized carbons (Fsp3) is 0.316. The Hall–Kier alpha value is -3.93. The van der Waals surface area contributed by atoms with Gasteiger partial charge in [-0.2, -0.15) is 0 Å². The van der Waals surface area contributed by atoms with E-state index in [0.717, 1.165) is 10.9 Å². The fourth-order valence-corrected chi connectivity index (χ4v) is 2.79. The molecule has 0 saturated heterocycles. The van der Waals surface area contributed by atoms with Crippen LogP contribution in [0.5, 0.6) is 0 Å². The van der Waals surface area contributed by atoms with Crippen LogP contribution in [0, 0.1) is 0 Å². The van der Waals surface area contributed by atoms with E-state index in [9.17, 15) is 29.1 Å². The number of para-hydroxylation sites is 1. The van der Waals surface area contributed by atoms with Gasteiger partial charge in [-0.05, 0) is 11.6 Å². The van der Waals surface area contributed by atoms with Gasteiger partial charge in [-0.1, -0.05) is 18.2 Å². The van der Waals surface area contributed by atoms with Crippen molar-refractivity contribution in [3.8, 4) is 0 Å². The highest BCUT2D eigenvalue weighted by atomic mass is 16.4. The van der Waals surface area contributed by atoms with Gasteiger partial charge in [0.2, 0.25) is 17.7 Å². The summed E-state index contributed by atoms with van der Waals surface area (Å²) in [6.45, 7) is -1.02. The molecule has 0 bridgehead atoms. The summed E-state index contributed by atoms with van der Waals surface area (Å²) in [5.41, 5.74) is 6.91. The van der Waals surface area contributed by atoms with Gasteiger partial charge in [0.1, 0.15) is 6.04 Å². The Bertz CT molecular complexity index is 987. The van der Waals surface area contributed by atoms with Crippen molar-refractivity contribution >= 4 is 40.6 Å². The van der Waals surface area contributed by atoms with Gasteiger partial charge in [0, 0.05) is 23.5 Å². The summed E-state index contributed by atoms with van der Waals surface area (Å²) < 4.78 is 0. The van der Waals surface area contributed by atoms with Gasteiger partial charge >= 0.3 is 11.9 Å². The third-order valence-electron chi connectivity index (χ3n) is 4.33.